The van der Waals surface area contributed by atoms with Crippen LogP contribution in [0.25, 0.3) is 5.70 Å². The van der Waals surface area contributed by atoms with Crippen LogP contribution in [0.15, 0.2) is 88.0 Å². The van der Waals surface area contributed by atoms with Crippen molar-refractivity contribution in [1.82, 2.24) is 5.32 Å². The summed E-state index contributed by atoms with van der Waals surface area (Å²) in [4.78, 5) is 26.6. The third kappa shape index (κ3) is 4.55. The number of hydrogen-bond donors (Lipinski definition) is 1. The summed E-state index contributed by atoms with van der Waals surface area (Å²) in [6, 6.07) is 20.9. The first-order valence-corrected chi connectivity index (χ1v) is 12.8. The number of esters is 1. The molecule has 0 amide bonds. The van der Waals surface area contributed by atoms with Crippen molar-refractivity contribution in [3.05, 3.63) is 110 Å². The Labute approximate surface area is 224 Å². The van der Waals surface area contributed by atoms with Crippen molar-refractivity contribution in [2.75, 3.05) is 13.7 Å². The van der Waals surface area contributed by atoms with E-state index >= 15 is 0 Å². The topological polar surface area (TPSA) is 73.9 Å². The zero-order chi connectivity index (χ0) is 26.1. The number of methoxy groups -OCH3 is 1. The van der Waals surface area contributed by atoms with Crippen molar-refractivity contribution in [2.24, 2.45) is 0 Å². The molecule has 1 aliphatic heterocycles. The molecule has 0 bridgehead atoms. The van der Waals surface area contributed by atoms with Gasteiger partial charge in [0.25, 0.3) is 0 Å². The van der Waals surface area contributed by atoms with Gasteiger partial charge >= 0.3 is 5.97 Å². The van der Waals surface area contributed by atoms with Gasteiger partial charge in [0.1, 0.15) is 6.61 Å². The predicted molar refractivity (Wildman–Crippen MR) is 144 cm³/mol. The zero-order valence-corrected chi connectivity index (χ0v) is 22.3. The summed E-state index contributed by atoms with van der Waals surface area (Å²) in [5.74, 6) is -0.0895. The highest BCUT2D eigenvalue weighted by atomic mass is 79.9. The Morgan fingerprint density at radius 3 is 2.41 bits per heavy atom. The fraction of sp³-hybridized carbons (Fsp3) is 0.200. The second kappa shape index (κ2) is 10.3. The van der Waals surface area contributed by atoms with E-state index < -0.39 is 11.9 Å². The van der Waals surface area contributed by atoms with E-state index in [0.717, 1.165) is 26.9 Å². The molecule has 1 aliphatic carbocycles. The van der Waals surface area contributed by atoms with Crippen molar-refractivity contribution < 1.29 is 23.8 Å². The Balaban J connectivity index is 1.57. The summed E-state index contributed by atoms with van der Waals surface area (Å²) in [6.07, 6.45) is 0. The molecule has 1 atom stereocenters. The van der Waals surface area contributed by atoms with Crippen LogP contribution in [-0.4, -0.2) is 25.5 Å². The van der Waals surface area contributed by atoms with Crippen molar-refractivity contribution in [3.8, 4) is 11.5 Å². The van der Waals surface area contributed by atoms with Crippen molar-refractivity contribution in [2.45, 2.75) is 26.4 Å². The van der Waals surface area contributed by atoms with Crippen LogP contribution in [0, 0.1) is 0 Å². The Morgan fingerprint density at radius 1 is 0.973 bits per heavy atom. The minimum atomic E-state index is -0.622. The molecular formula is C30H26BrNO5. The number of ether oxygens (including phenoxy) is 3. The van der Waals surface area contributed by atoms with Gasteiger partial charge in [-0.15, -0.1) is 0 Å². The van der Waals surface area contributed by atoms with Crippen LogP contribution in [-0.2, 0) is 16.1 Å². The van der Waals surface area contributed by atoms with E-state index in [9.17, 15) is 9.59 Å². The van der Waals surface area contributed by atoms with E-state index in [-0.39, 0.29) is 5.78 Å². The van der Waals surface area contributed by atoms with E-state index in [1.165, 1.54) is 7.11 Å². The van der Waals surface area contributed by atoms with E-state index in [4.69, 9.17) is 14.2 Å². The number of rotatable bonds is 7. The maximum Gasteiger partial charge on any atom is 0.336 e. The van der Waals surface area contributed by atoms with Crippen LogP contribution in [0.4, 0.5) is 0 Å². The molecule has 6 nitrogen and oxygen atoms in total. The fourth-order valence-electron chi connectivity index (χ4n) is 4.88. The smallest absolute Gasteiger partial charge is 0.336 e. The lowest BCUT2D eigenvalue weighted by atomic mass is 9.79. The molecule has 0 unspecified atom stereocenters. The highest BCUT2D eigenvalue weighted by molar-refractivity contribution is 9.10. The van der Waals surface area contributed by atoms with Crippen LogP contribution in [0.2, 0.25) is 0 Å². The molecule has 0 spiro atoms. The van der Waals surface area contributed by atoms with Crippen LogP contribution in [0.1, 0.15) is 46.8 Å². The van der Waals surface area contributed by atoms with Crippen LogP contribution in [0.3, 0.4) is 0 Å². The van der Waals surface area contributed by atoms with Gasteiger partial charge < -0.3 is 19.5 Å². The molecule has 3 aromatic carbocycles. The lowest BCUT2D eigenvalue weighted by Crippen LogP contribution is -2.29. The average Bonchev–Trinajstić information content (AvgIpc) is 3.19. The monoisotopic (exact) mass is 559 g/mol. The highest BCUT2D eigenvalue weighted by Gasteiger charge is 2.43. The lowest BCUT2D eigenvalue weighted by molar-refractivity contribution is -0.136. The number of carbonyl (C=O) groups is 2. The van der Waals surface area contributed by atoms with E-state index in [1.54, 1.807) is 0 Å². The molecule has 1 heterocycles. The number of fused-ring (bicyclic) bond motifs is 2. The van der Waals surface area contributed by atoms with Gasteiger partial charge in [0.05, 0.1) is 25.0 Å². The molecular weight excluding hydrogens is 534 g/mol. The quantitative estimate of drug-likeness (QED) is 0.349. The number of dihydropyridines is 1. The Hall–Kier alpha value is -3.84. The molecule has 188 valence electrons. The van der Waals surface area contributed by atoms with E-state index in [2.05, 4.69) is 21.2 Å². The van der Waals surface area contributed by atoms with Crippen molar-refractivity contribution in [1.29, 1.82) is 0 Å². The second-order valence-corrected chi connectivity index (χ2v) is 9.72. The van der Waals surface area contributed by atoms with Gasteiger partial charge in [-0.25, -0.2) is 4.79 Å². The summed E-state index contributed by atoms with van der Waals surface area (Å²) < 4.78 is 18.2. The fourth-order valence-corrected chi connectivity index (χ4v) is 5.14. The van der Waals surface area contributed by atoms with Crippen LogP contribution < -0.4 is 14.8 Å². The summed E-state index contributed by atoms with van der Waals surface area (Å²) in [7, 11) is 1.35. The third-order valence-electron chi connectivity index (χ3n) is 6.56. The number of Topliss-reactive ketones (excluding diaryl/α,β-unsaturated/α-hetero) is 1. The van der Waals surface area contributed by atoms with Crippen LogP contribution >= 0.6 is 15.9 Å². The number of benzene rings is 3. The normalized spacial score (nSPS) is 16.2. The average molecular weight is 560 g/mol. The summed E-state index contributed by atoms with van der Waals surface area (Å²) in [6.45, 7) is 4.53. The second-order valence-electron chi connectivity index (χ2n) is 8.81. The largest absolute Gasteiger partial charge is 0.490 e. The van der Waals surface area contributed by atoms with Crippen LogP contribution in [0.5, 0.6) is 11.5 Å². The summed E-state index contributed by atoms with van der Waals surface area (Å²) in [5.41, 5.74) is 5.50. The summed E-state index contributed by atoms with van der Waals surface area (Å²) >= 11 is 3.45. The predicted octanol–water partition coefficient (Wildman–Crippen LogP) is 6.17. The van der Waals surface area contributed by atoms with Gasteiger partial charge in [0.15, 0.2) is 17.3 Å². The minimum Gasteiger partial charge on any atom is -0.490 e. The SMILES string of the molecule is CCOc1cc([C@@H]2C(C(=O)OC)=C(C)NC3=C2C(=O)c2ccccc23)ccc1OCc1ccc(Br)cc1. The van der Waals surface area contributed by atoms with Gasteiger partial charge in [-0.1, -0.05) is 58.4 Å². The van der Waals surface area contributed by atoms with Crippen molar-refractivity contribution in [3.63, 3.8) is 0 Å². The molecule has 0 aromatic heterocycles. The number of nitrogens with one attached hydrogen (secondary N) is 1. The molecule has 0 radical (unpaired) electrons. The van der Waals surface area contributed by atoms with Gasteiger partial charge in [-0.2, -0.15) is 0 Å². The number of allylic oxidation sites excluding steroid dienone is 2. The molecule has 0 saturated carbocycles. The molecule has 0 fully saturated rings. The Morgan fingerprint density at radius 2 is 1.70 bits per heavy atom. The molecule has 5 rings (SSSR count). The molecule has 1 N–H and O–H groups in total. The van der Waals surface area contributed by atoms with E-state index in [0.29, 0.717) is 47.1 Å². The van der Waals surface area contributed by atoms with E-state index in [1.807, 2.05) is 80.6 Å². The first kappa shape index (κ1) is 24.8. The molecule has 7 heteroatoms. The van der Waals surface area contributed by atoms with Crippen molar-refractivity contribution >= 4 is 33.4 Å². The third-order valence-corrected chi connectivity index (χ3v) is 7.09. The first-order chi connectivity index (χ1) is 17.9. The van der Waals surface area contributed by atoms with Gasteiger partial charge in [-0.05, 0) is 49.2 Å². The number of hydrogen-bond acceptors (Lipinski definition) is 6. The number of halogens is 1. The zero-order valence-electron chi connectivity index (χ0n) is 20.8. The molecule has 3 aromatic rings. The highest BCUT2D eigenvalue weighted by Crippen LogP contribution is 2.48. The number of carbonyl (C=O) groups excluding carboxylic acids is 2. The maximum absolute atomic E-state index is 13.6. The molecule has 2 aliphatic rings. The molecule has 0 saturated heterocycles. The molecule has 37 heavy (non-hydrogen) atoms. The van der Waals surface area contributed by atoms with Gasteiger partial charge in [-0.3, -0.25) is 4.79 Å². The number of ketones is 1. The lowest BCUT2D eigenvalue weighted by Gasteiger charge is -2.29. The first-order valence-electron chi connectivity index (χ1n) is 12.0. The minimum absolute atomic E-state index is 0.106. The van der Waals surface area contributed by atoms with Gasteiger partial charge in [0.2, 0.25) is 0 Å². The Kier molecular flexibility index (Phi) is 6.89. The summed E-state index contributed by atoms with van der Waals surface area (Å²) in [5, 5.41) is 3.30. The maximum atomic E-state index is 13.6. The van der Waals surface area contributed by atoms with Gasteiger partial charge in [0, 0.05) is 32.8 Å². The standard InChI is InChI=1S/C30H26BrNO5/c1-4-36-24-15-19(11-14-23(24)37-16-18-9-12-20(31)13-10-18)26-25(30(34)35-3)17(2)32-28-21-7-5-6-8-22(21)29(33)27(26)28/h5-15,26,32H,4,16H2,1-3H3/t26-/m1/s1. The Bertz CT molecular complexity index is 1460.